The molecule has 0 bridgehead atoms. The highest BCUT2D eigenvalue weighted by Crippen LogP contribution is 2.30. The second-order valence-electron chi connectivity index (χ2n) is 8.67. The third-order valence-electron chi connectivity index (χ3n) is 6.34. The van der Waals surface area contributed by atoms with Crippen molar-refractivity contribution >= 4 is 34.6 Å². The van der Waals surface area contributed by atoms with E-state index in [9.17, 15) is 4.79 Å². The van der Waals surface area contributed by atoms with Crippen LogP contribution in [-0.4, -0.2) is 66.7 Å². The van der Waals surface area contributed by atoms with Crippen molar-refractivity contribution in [1.29, 1.82) is 0 Å². The van der Waals surface area contributed by atoms with Gasteiger partial charge in [-0.25, -0.2) is 9.97 Å². The third kappa shape index (κ3) is 4.86. The Bertz CT molecular complexity index is 1380. The maximum atomic E-state index is 11.0. The Morgan fingerprint density at radius 2 is 1.61 bits per heavy atom. The predicted molar refractivity (Wildman–Crippen MR) is 140 cm³/mol. The first-order chi connectivity index (χ1) is 17.6. The normalized spacial score (nSPS) is 13.5. The molecule has 1 fully saturated rings. The number of aryl methyl sites for hydroxylation is 1. The number of nitrogens with one attached hydrogen (secondary N) is 1. The van der Waals surface area contributed by atoms with Crippen LogP contribution in [0, 0.1) is 6.92 Å². The lowest BCUT2D eigenvalue weighted by atomic mass is 10.1. The zero-order chi connectivity index (χ0) is 25.1. The number of anilines is 3. The number of amides is 1. The summed E-state index contributed by atoms with van der Waals surface area (Å²) in [7, 11) is 3.26. The van der Waals surface area contributed by atoms with E-state index >= 15 is 0 Å². The molecule has 5 rings (SSSR count). The van der Waals surface area contributed by atoms with E-state index < -0.39 is 0 Å². The number of hydrogen-bond donors (Lipinski definition) is 1. The van der Waals surface area contributed by atoms with Gasteiger partial charge >= 0.3 is 0 Å². The minimum absolute atomic E-state index is 0.705. The number of piperazine rings is 1. The van der Waals surface area contributed by atoms with Crippen molar-refractivity contribution in [3.8, 4) is 22.8 Å². The van der Waals surface area contributed by atoms with Gasteiger partial charge in [0.25, 0.3) is 0 Å². The average Bonchev–Trinajstić information content (AvgIpc) is 2.92. The molecule has 0 spiro atoms. The maximum absolute atomic E-state index is 11.0. The van der Waals surface area contributed by atoms with Crippen LogP contribution < -0.4 is 19.7 Å². The van der Waals surface area contributed by atoms with E-state index in [4.69, 9.17) is 19.4 Å². The second kappa shape index (κ2) is 10.1. The molecule has 0 aliphatic carbocycles. The van der Waals surface area contributed by atoms with Crippen molar-refractivity contribution in [2.75, 3.05) is 50.6 Å². The monoisotopic (exact) mass is 484 g/mol. The minimum atomic E-state index is 0.705. The Hall–Kier alpha value is -4.40. The summed E-state index contributed by atoms with van der Waals surface area (Å²) in [4.78, 5) is 29.2. The number of aromatic nitrogens is 3. The highest BCUT2D eigenvalue weighted by atomic mass is 16.5. The molecule has 0 unspecified atom stereocenters. The van der Waals surface area contributed by atoms with E-state index in [1.807, 2.05) is 42.6 Å². The molecule has 2 aromatic heterocycles. The van der Waals surface area contributed by atoms with E-state index in [0.29, 0.717) is 24.6 Å². The average molecular weight is 485 g/mol. The summed E-state index contributed by atoms with van der Waals surface area (Å²) in [6, 6.07) is 13.6. The molecule has 2 aromatic carbocycles. The van der Waals surface area contributed by atoms with Gasteiger partial charge in [-0.2, -0.15) is 0 Å². The highest BCUT2D eigenvalue weighted by Gasteiger charge is 2.18. The number of benzene rings is 2. The minimum Gasteiger partial charge on any atom is -0.497 e. The molecule has 36 heavy (non-hydrogen) atoms. The van der Waals surface area contributed by atoms with Gasteiger partial charge in [0, 0.05) is 67.5 Å². The largest absolute Gasteiger partial charge is 0.497 e. The van der Waals surface area contributed by atoms with Gasteiger partial charge < -0.3 is 24.6 Å². The molecule has 0 atom stereocenters. The number of rotatable bonds is 7. The van der Waals surface area contributed by atoms with Gasteiger partial charge in [0.15, 0.2) is 0 Å². The predicted octanol–water partition coefficient (Wildman–Crippen LogP) is 4.04. The molecule has 0 radical (unpaired) electrons. The Kier molecular flexibility index (Phi) is 6.53. The van der Waals surface area contributed by atoms with Crippen LogP contribution in [0.15, 0.2) is 54.9 Å². The fourth-order valence-electron chi connectivity index (χ4n) is 4.30. The first-order valence-electron chi connectivity index (χ1n) is 11.7. The Morgan fingerprint density at radius 3 is 2.28 bits per heavy atom. The SMILES string of the molecule is COc1cc(Nc2ccc3ncc(-c4cnc(N5CCN(C=O)CC5)cc4C)nc3c2)cc(OC)c1. The first-order valence-corrected chi connectivity index (χ1v) is 11.7. The molecule has 1 aliphatic rings. The number of pyridine rings is 1. The second-order valence-corrected chi connectivity index (χ2v) is 8.67. The lowest BCUT2D eigenvalue weighted by Gasteiger charge is -2.33. The van der Waals surface area contributed by atoms with Gasteiger partial charge in [0.1, 0.15) is 17.3 Å². The van der Waals surface area contributed by atoms with Crippen molar-refractivity contribution in [3.63, 3.8) is 0 Å². The van der Waals surface area contributed by atoms with Crippen LogP contribution in [0.25, 0.3) is 22.3 Å². The third-order valence-corrected chi connectivity index (χ3v) is 6.34. The van der Waals surface area contributed by atoms with Crippen LogP contribution in [0.2, 0.25) is 0 Å². The summed E-state index contributed by atoms with van der Waals surface area (Å²) in [5.74, 6) is 2.32. The first kappa shape index (κ1) is 23.3. The molecule has 9 nitrogen and oxygen atoms in total. The molecule has 1 amide bonds. The van der Waals surface area contributed by atoms with Crippen LogP contribution in [0.5, 0.6) is 11.5 Å². The van der Waals surface area contributed by atoms with E-state index in [1.165, 1.54) is 0 Å². The number of carbonyl (C=O) groups is 1. The van der Waals surface area contributed by atoms with Gasteiger partial charge in [-0.05, 0) is 36.8 Å². The molecule has 1 saturated heterocycles. The molecular weight excluding hydrogens is 456 g/mol. The van der Waals surface area contributed by atoms with Crippen LogP contribution in [-0.2, 0) is 4.79 Å². The van der Waals surface area contributed by atoms with Crippen molar-refractivity contribution < 1.29 is 14.3 Å². The summed E-state index contributed by atoms with van der Waals surface area (Å²) < 4.78 is 10.7. The summed E-state index contributed by atoms with van der Waals surface area (Å²) in [5.41, 5.74) is 6.09. The van der Waals surface area contributed by atoms with Crippen LogP contribution in [0.4, 0.5) is 17.2 Å². The Morgan fingerprint density at radius 1 is 0.861 bits per heavy atom. The summed E-state index contributed by atoms with van der Waals surface area (Å²) in [6.07, 6.45) is 4.55. The standard InChI is InChI=1S/C27H28N6O3/c1-18-10-27(33-8-6-32(17-34)7-9-33)29-15-23(18)26-16-28-24-5-4-19(13-25(24)31-26)30-20-11-21(35-2)14-22(12-20)36-3/h4-5,10-17,30H,6-9H2,1-3H3. The van der Waals surface area contributed by atoms with Crippen molar-refractivity contribution in [2.45, 2.75) is 6.92 Å². The molecule has 1 aliphatic heterocycles. The van der Waals surface area contributed by atoms with Crippen molar-refractivity contribution in [1.82, 2.24) is 19.9 Å². The number of ether oxygens (including phenoxy) is 2. The molecular formula is C27H28N6O3. The van der Waals surface area contributed by atoms with E-state index in [2.05, 4.69) is 28.2 Å². The molecule has 3 heterocycles. The van der Waals surface area contributed by atoms with Gasteiger partial charge in [0.2, 0.25) is 6.41 Å². The lowest BCUT2D eigenvalue weighted by Crippen LogP contribution is -2.46. The fraction of sp³-hybridized carbons (Fsp3) is 0.259. The van der Waals surface area contributed by atoms with Crippen LogP contribution >= 0.6 is 0 Å². The number of nitrogens with zero attached hydrogens (tertiary/aromatic N) is 5. The van der Waals surface area contributed by atoms with E-state index in [0.717, 1.165) is 64.5 Å². The summed E-state index contributed by atoms with van der Waals surface area (Å²) in [6.45, 7) is 5.02. The molecule has 1 N–H and O–H groups in total. The van der Waals surface area contributed by atoms with Crippen LogP contribution in [0.3, 0.4) is 0 Å². The summed E-state index contributed by atoms with van der Waals surface area (Å²) >= 11 is 0. The van der Waals surface area contributed by atoms with Gasteiger partial charge in [-0.3, -0.25) is 9.78 Å². The van der Waals surface area contributed by atoms with Gasteiger partial charge in [-0.15, -0.1) is 0 Å². The number of methoxy groups -OCH3 is 2. The molecule has 9 heteroatoms. The van der Waals surface area contributed by atoms with E-state index in [-0.39, 0.29) is 0 Å². The zero-order valence-corrected chi connectivity index (χ0v) is 20.6. The molecule has 184 valence electrons. The molecule has 4 aromatic rings. The smallest absolute Gasteiger partial charge is 0.209 e. The Labute approximate surface area is 209 Å². The Balaban J connectivity index is 1.40. The number of hydrogen-bond acceptors (Lipinski definition) is 8. The maximum Gasteiger partial charge on any atom is 0.209 e. The van der Waals surface area contributed by atoms with E-state index in [1.54, 1.807) is 25.3 Å². The van der Waals surface area contributed by atoms with Gasteiger partial charge in [0.05, 0.1) is 37.1 Å². The fourth-order valence-corrected chi connectivity index (χ4v) is 4.30. The lowest BCUT2D eigenvalue weighted by molar-refractivity contribution is -0.118. The van der Waals surface area contributed by atoms with Crippen molar-refractivity contribution in [2.24, 2.45) is 0 Å². The topological polar surface area (TPSA) is 92.7 Å². The summed E-state index contributed by atoms with van der Waals surface area (Å²) in [5, 5.41) is 3.40. The number of fused-ring (bicyclic) bond motifs is 1. The van der Waals surface area contributed by atoms with Gasteiger partial charge in [-0.1, -0.05) is 0 Å². The molecule has 0 saturated carbocycles. The highest BCUT2D eigenvalue weighted by molar-refractivity contribution is 5.82. The quantitative estimate of drug-likeness (QED) is 0.393. The number of carbonyl (C=O) groups excluding carboxylic acids is 1. The zero-order valence-electron chi connectivity index (χ0n) is 20.6. The van der Waals surface area contributed by atoms with Crippen LogP contribution in [0.1, 0.15) is 5.56 Å². The van der Waals surface area contributed by atoms with Crippen molar-refractivity contribution in [3.05, 3.63) is 60.4 Å².